The van der Waals surface area contributed by atoms with Gasteiger partial charge in [-0.05, 0) is 99.3 Å². The van der Waals surface area contributed by atoms with E-state index in [9.17, 15) is 0 Å². The van der Waals surface area contributed by atoms with Gasteiger partial charge < -0.3 is 33.2 Å². The molecule has 14 rings (SSSR count). The highest BCUT2D eigenvalue weighted by Crippen LogP contribution is 2.53. The maximum absolute atomic E-state index is 7.02. The van der Waals surface area contributed by atoms with Crippen LogP contribution in [0.25, 0.3) is 0 Å². The lowest BCUT2D eigenvalue weighted by atomic mass is 9.68. The first-order valence-electron chi connectivity index (χ1n) is 33.8. The first-order valence-corrected chi connectivity index (χ1v) is 33.8. The zero-order chi connectivity index (χ0) is 65.7. The van der Waals surface area contributed by atoms with E-state index in [1.165, 1.54) is 50.1 Å². The van der Waals surface area contributed by atoms with Crippen LogP contribution in [0.15, 0.2) is 210 Å². The van der Waals surface area contributed by atoms with Crippen LogP contribution < -0.4 is 33.2 Å². The number of hydrogen-bond acceptors (Lipinski definition) is 14. The molecule has 14 heteroatoms. The van der Waals surface area contributed by atoms with E-state index in [1.807, 2.05) is 42.5 Å². The third-order valence-corrected chi connectivity index (χ3v) is 19.9. The summed E-state index contributed by atoms with van der Waals surface area (Å²) in [7, 11) is 0. The summed E-state index contributed by atoms with van der Waals surface area (Å²) < 4.78 is 46.4. The lowest BCUT2D eigenvalue weighted by Gasteiger charge is -2.38. The first-order chi connectivity index (χ1) is 47.2. The third kappa shape index (κ3) is 13.6. The van der Waals surface area contributed by atoms with E-state index in [1.54, 1.807) is 0 Å². The van der Waals surface area contributed by atoms with Crippen molar-refractivity contribution in [2.24, 2.45) is 0 Å². The molecule has 7 aliphatic heterocycles. The second-order valence-electron chi connectivity index (χ2n) is 26.6. The van der Waals surface area contributed by atoms with Crippen molar-refractivity contribution in [3.63, 3.8) is 0 Å². The smallest absolute Gasteiger partial charge is 0.142 e. The Labute approximate surface area is 567 Å². The standard InChI is InChI=1S/C82H89N7O7/c1-8-29-83-43-63-36-57(15-22-73(63)90-50-83)70(80(58-16-23-74-64(37-58)44-84(30-9-2)51-91-74)59-17-24-75-65(38-59)45-85(31-10-3)52-92-75)42-71-69(21-28-79-72(71)49-89(35-14-7)56-96-79)82(62-20-27-78-68(41-62)48-88(34-13-6)55-95-78)81(60-18-25-76-66(39-60)46-86(32-11-4)53-93-76)61-19-26-77-67(40-61)47-87(33-12-5)54-94-77/h8-28,36-41,70,80-82H,1-7,29-35,42-56H2. The van der Waals surface area contributed by atoms with E-state index in [-0.39, 0.29) is 23.7 Å². The Hall–Kier alpha value is -8.96. The van der Waals surface area contributed by atoms with Crippen LogP contribution in [0.1, 0.15) is 107 Å². The molecule has 0 radical (unpaired) electrons. The Balaban J connectivity index is 1.04. The summed E-state index contributed by atoms with van der Waals surface area (Å²) >= 11 is 0. The minimum atomic E-state index is -0.296. The molecule has 7 aromatic carbocycles. The fourth-order valence-electron chi connectivity index (χ4n) is 15.6. The van der Waals surface area contributed by atoms with E-state index >= 15 is 0 Å². The predicted molar refractivity (Wildman–Crippen MR) is 380 cm³/mol. The van der Waals surface area contributed by atoms with E-state index in [2.05, 4.69) is 202 Å². The summed E-state index contributed by atoms with van der Waals surface area (Å²) in [6, 6.07) is 46.4. The molecule has 14 nitrogen and oxygen atoms in total. The van der Waals surface area contributed by atoms with Crippen LogP contribution in [0.5, 0.6) is 40.2 Å². The normalized spacial score (nSPS) is 17.8. The Morgan fingerprint density at radius 3 is 0.844 bits per heavy atom. The molecule has 0 saturated heterocycles. The van der Waals surface area contributed by atoms with Crippen LogP contribution in [-0.2, 0) is 52.2 Å². The molecule has 7 aromatic rings. The Morgan fingerprint density at radius 1 is 0.281 bits per heavy atom. The highest BCUT2D eigenvalue weighted by Gasteiger charge is 2.39. The van der Waals surface area contributed by atoms with E-state index in [4.69, 9.17) is 33.2 Å². The number of ether oxygens (including phenoxy) is 7. The van der Waals surface area contributed by atoms with Gasteiger partial charge in [-0.2, -0.15) is 0 Å². The summed E-state index contributed by atoms with van der Waals surface area (Å²) in [5, 5.41) is 0. The van der Waals surface area contributed by atoms with Crippen molar-refractivity contribution in [2.45, 2.75) is 75.9 Å². The molecule has 494 valence electrons. The van der Waals surface area contributed by atoms with Gasteiger partial charge in [0.25, 0.3) is 0 Å². The van der Waals surface area contributed by atoms with Crippen LogP contribution in [0.2, 0.25) is 0 Å². The molecule has 0 fully saturated rings. The maximum atomic E-state index is 7.02. The average Bonchev–Trinajstić information content (AvgIpc) is 0.747. The molecular weight excluding hydrogens is 1190 g/mol. The van der Waals surface area contributed by atoms with E-state index in [0.29, 0.717) is 112 Å². The van der Waals surface area contributed by atoms with Crippen LogP contribution in [0.3, 0.4) is 0 Å². The van der Waals surface area contributed by atoms with Crippen molar-refractivity contribution in [1.29, 1.82) is 0 Å². The summed E-state index contributed by atoms with van der Waals surface area (Å²) in [5.41, 5.74) is 17.6. The lowest BCUT2D eigenvalue weighted by molar-refractivity contribution is 0.106. The molecule has 0 bridgehead atoms. The highest BCUT2D eigenvalue weighted by atomic mass is 16.5. The number of benzene rings is 7. The molecule has 0 saturated carbocycles. The van der Waals surface area contributed by atoms with Gasteiger partial charge in [-0.1, -0.05) is 121 Å². The van der Waals surface area contributed by atoms with Gasteiger partial charge in [0, 0.05) is 148 Å². The number of nitrogens with zero attached hydrogens (tertiary/aromatic N) is 7. The summed E-state index contributed by atoms with van der Waals surface area (Å²) in [6.45, 7) is 42.3. The van der Waals surface area contributed by atoms with Crippen molar-refractivity contribution in [1.82, 2.24) is 34.3 Å². The van der Waals surface area contributed by atoms with Crippen molar-refractivity contribution >= 4 is 0 Å². The van der Waals surface area contributed by atoms with Gasteiger partial charge >= 0.3 is 0 Å². The van der Waals surface area contributed by atoms with Gasteiger partial charge in [0.2, 0.25) is 0 Å². The van der Waals surface area contributed by atoms with Gasteiger partial charge in [-0.25, -0.2) is 0 Å². The van der Waals surface area contributed by atoms with Crippen LogP contribution >= 0.6 is 0 Å². The molecule has 7 heterocycles. The largest absolute Gasteiger partial charge is 0.478 e. The van der Waals surface area contributed by atoms with Crippen LogP contribution in [0.4, 0.5) is 0 Å². The Morgan fingerprint density at radius 2 is 0.531 bits per heavy atom. The van der Waals surface area contributed by atoms with Gasteiger partial charge in [0.05, 0.1) is 0 Å². The minimum absolute atomic E-state index is 0.194. The monoisotopic (exact) mass is 1280 g/mol. The molecule has 2 unspecified atom stereocenters. The zero-order valence-electron chi connectivity index (χ0n) is 55.4. The number of fused-ring (bicyclic) bond motifs is 7. The third-order valence-electron chi connectivity index (χ3n) is 19.9. The van der Waals surface area contributed by atoms with Crippen molar-refractivity contribution in [2.75, 3.05) is 92.9 Å². The fraction of sp³-hybridized carbons (Fsp3) is 0.317. The molecular formula is C82H89N7O7. The van der Waals surface area contributed by atoms with Crippen molar-refractivity contribution in [3.8, 4) is 40.2 Å². The molecule has 7 aliphatic rings. The molecule has 96 heavy (non-hydrogen) atoms. The average molecular weight is 1280 g/mol. The Kier molecular flexibility index (Phi) is 19.6. The molecule has 2 atom stereocenters. The number of hydrogen-bond donors (Lipinski definition) is 0. The predicted octanol–water partition coefficient (Wildman–Crippen LogP) is 14.2. The molecule has 0 aromatic heterocycles. The van der Waals surface area contributed by atoms with Crippen LogP contribution in [-0.4, -0.2) is 127 Å². The quantitative estimate of drug-likeness (QED) is 0.0509. The molecule has 0 spiro atoms. The lowest BCUT2D eigenvalue weighted by Crippen LogP contribution is -2.34. The topological polar surface area (TPSA) is 87.3 Å². The van der Waals surface area contributed by atoms with Crippen molar-refractivity contribution in [3.05, 3.63) is 293 Å². The zero-order valence-corrected chi connectivity index (χ0v) is 55.4. The maximum Gasteiger partial charge on any atom is 0.142 e. The fourth-order valence-corrected chi connectivity index (χ4v) is 15.6. The van der Waals surface area contributed by atoms with Crippen molar-refractivity contribution < 1.29 is 33.2 Å². The van der Waals surface area contributed by atoms with Gasteiger partial charge in [0.15, 0.2) is 0 Å². The second kappa shape index (κ2) is 29.2. The highest BCUT2D eigenvalue weighted by molar-refractivity contribution is 5.59. The summed E-state index contributed by atoms with van der Waals surface area (Å²) in [5.74, 6) is 5.34. The van der Waals surface area contributed by atoms with E-state index in [0.717, 1.165) is 106 Å². The summed E-state index contributed by atoms with van der Waals surface area (Å²) in [4.78, 5) is 16.2. The molecule has 0 amide bonds. The second-order valence-corrected chi connectivity index (χ2v) is 26.6. The van der Waals surface area contributed by atoms with Gasteiger partial charge in [-0.3, -0.25) is 34.3 Å². The van der Waals surface area contributed by atoms with E-state index < -0.39 is 0 Å². The number of rotatable bonds is 25. The minimum Gasteiger partial charge on any atom is -0.478 e. The Bertz CT molecular complexity index is 3950. The van der Waals surface area contributed by atoms with Gasteiger partial charge in [0.1, 0.15) is 87.4 Å². The van der Waals surface area contributed by atoms with Gasteiger partial charge in [-0.15, -0.1) is 46.1 Å². The van der Waals surface area contributed by atoms with Crippen LogP contribution in [0, 0.1) is 0 Å². The molecule has 0 aliphatic carbocycles. The first kappa shape index (κ1) is 64.4. The molecule has 0 N–H and O–H groups in total. The SMILES string of the molecule is C=CCN1COc2ccc(C(Cc3c(C(c4ccc5c(c4)CN(CC=C)CO5)C(c4ccc5c(c4)CN(CC=C)CO5)c4ccc5c(c4)CN(CC=C)CO5)ccc4c3CN(CC=C)CO4)C(c3ccc4c(c3)CN(CC=C)CO4)c3ccc4c(c3)CN(CC=C)CO4)cc2C1. The summed E-state index contributed by atoms with van der Waals surface area (Å²) in [6.07, 6.45) is 14.4.